The highest BCUT2D eigenvalue weighted by Gasteiger charge is 2.33. The lowest BCUT2D eigenvalue weighted by Crippen LogP contribution is -2.36. The first-order chi connectivity index (χ1) is 18.2. The summed E-state index contributed by atoms with van der Waals surface area (Å²) in [5.41, 5.74) is -0.996. The van der Waals surface area contributed by atoms with Crippen LogP contribution < -0.4 is 10.9 Å². The molecule has 1 aliphatic rings. The Kier molecular flexibility index (Phi) is 6.36. The molecule has 0 spiro atoms. The lowest BCUT2D eigenvalue weighted by atomic mass is 10.1. The number of nitriles is 1. The molecule has 2 heterocycles. The first-order valence-electron chi connectivity index (χ1n) is 11.9. The maximum absolute atomic E-state index is 13.7. The number of aromatic nitrogens is 5. The van der Waals surface area contributed by atoms with E-state index in [1.165, 1.54) is 34.9 Å². The minimum absolute atomic E-state index is 0.0575. The molecule has 0 aliphatic heterocycles. The first-order valence-corrected chi connectivity index (χ1v) is 11.9. The van der Waals surface area contributed by atoms with Crippen LogP contribution in [-0.4, -0.2) is 36.1 Å². The molecule has 2 aromatic carbocycles. The molecule has 0 atom stereocenters. The van der Waals surface area contributed by atoms with E-state index in [0.717, 1.165) is 42.5 Å². The van der Waals surface area contributed by atoms with Gasteiger partial charge in [0.1, 0.15) is 17.6 Å². The van der Waals surface area contributed by atoms with E-state index < -0.39 is 23.2 Å². The van der Waals surface area contributed by atoms with E-state index in [9.17, 15) is 22.8 Å². The van der Waals surface area contributed by atoms with E-state index in [2.05, 4.69) is 15.4 Å². The number of rotatable bonds is 5. The summed E-state index contributed by atoms with van der Waals surface area (Å²) in [4.78, 5) is 31.5. The summed E-state index contributed by atoms with van der Waals surface area (Å²) >= 11 is 0. The van der Waals surface area contributed by atoms with Gasteiger partial charge < -0.3 is 5.32 Å². The molecule has 0 saturated heterocycles. The summed E-state index contributed by atoms with van der Waals surface area (Å²) in [6.45, 7) is 0. The molecule has 5 rings (SSSR count). The van der Waals surface area contributed by atoms with Crippen molar-refractivity contribution in [1.29, 1.82) is 5.26 Å². The summed E-state index contributed by atoms with van der Waals surface area (Å²) in [6, 6.07) is 12.7. The monoisotopic (exact) mass is 521 g/mol. The Labute approximate surface area is 214 Å². The second kappa shape index (κ2) is 9.66. The molecule has 1 N–H and O–H groups in total. The highest BCUT2D eigenvalue weighted by atomic mass is 19.4. The zero-order valence-electron chi connectivity index (χ0n) is 20.2. The average molecular weight is 522 g/mol. The van der Waals surface area contributed by atoms with Crippen LogP contribution in [0.15, 0.2) is 59.7 Å². The molecule has 1 fully saturated rings. The van der Waals surface area contributed by atoms with E-state index in [1.54, 1.807) is 24.3 Å². The molecule has 12 heteroatoms. The lowest BCUT2D eigenvalue weighted by molar-refractivity contribution is -0.137. The van der Waals surface area contributed by atoms with Crippen molar-refractivity contribution in [1.82, 2.24) is 29.4 Å². The molecule has 0 bridgehead atoms. The third kappa shape index (κ3) is 4.47. The molecule has 4 aromatic rings. The van der Waals surface area contributed by atoms with Gasteiger partial charge in [0.15, 0.2) is 5.82 Å². The molecule has 0 unspecified atom stereocenters. The number of alkyl halides is 3. The normalized spacial score (nSPS) is 14.0. The summed E-state index contributed by atoms with van der Waals surface area (Å²) in [5, 5.41) is 16.3. The molecule has 9 nitrogen and oxygen atoms in total. The number of nitrogens with zero attached hydrogens (tertiary/aromatic N) is 6. The number of carbonyl (C=O) groups excluding carboxylic acids is 1. The van der Waals surface area contributed by atoms with Gasteiger partial charge in [-0.05, 0) is 55.3 Å². The zero-order valence-corrected chi connectivity index (χ0v) is 20.2. The molecule has 38 heavy (non-hydrogen) atoms. The standard InChI is InChI=1S/C26H22F3N7O2/c1-34-22(23-31-15-32-35(23)19-11-9-16(14-30)10-12-19)21(24(37)33-18-6-2-3-7-18)25(38)36(34)20-8-4-5-17(13-20)26(27,28)29/h4-5,8-13,15,18H,2-3,6-7H2,1H3,(H,33,37). The number of nitrogens with one attached hydrogen (secondary N) is 1. The van der Waals surface area contributed by atoms with Crippen LogP contribution in [0.5, 0.6) is 0 Å². The zero-order chi connectivity index (χ0) is 27.0. The number of halogens is 3. The lowest BCUT2D eigenvalue weighted by Gasteiger charge is -2.13. The van der Waals surface area contributed by atoms with Gasteiger partial charge >= 0.3 is 6.18 Å². The van der Waals surface area contributed by atoms with Crippen LogP contribution in [0.2, 0.25) is 0 Å². The highest BCUT2D eigenvalue weighted by Crippen LogP contribution is 2.31. The summed E-state index contributed by atoms with van der Waals surface area (Å²) in [6.07, 6.45) is 0.0841. The Balaban J connectivity index is 1.71. The Hall–Kier alpha value is -4.66. The molecule has 0 radical (unpaired) electrons. The van der Waals surface area contributed by atoms with E-state index in [4.69, 9.17) is 5.26 Å². The van der Waals surface area contributed by atoms with Crippen LogP contribution >= 0.6 is 0 Å². The average Bonchev–Trinajstić information content (AvgIpc) is 3.63. The van der Waals surface area contributed by atoms with Crippen LogP contribution in [0, 0.1) is 11.3 Å². The first kappa shape index (κ1) is 25.0. The van der Waals surface area contributed by atoms with Crippen molar-refractivity contribution in [2.24, 2.45) is 7.05 Å². The molecular formula is C26H22F3N7O2. The molecule has 194 valence electrons. The van der Waals surface area contributed by atoms with Crippen molar-refractivity contribution >= 4 is 5.91 Å². The quantitative estimate of drug-likeness (QED) is 0.427. The van der Waals surface area contributed by atoms with Gasteiger partial charge in [-0.15, -0.1) is 0 Å². The van der Waals surface area contributed by atoms with Crippen molar-refractivity contribution in [3.05, 3.63) is 81.9 Å². The fourth-order valence-electron chi connectivity index (χ4n) is 4.77. The van der Waals surface area contributed by atoms with Crippen molar-refractivity contribution < 1.29 is 18.0 Å². The Morgan fingerprint density at radius 1 is 1.11 bits per heavy atom. The summed E-state index contributed by atoms with van der Waals surface area (Å²) in [7, 11) is 1.47. The smallest absolute Gasteiger partial charge is 0.349 e. The Bertz CT molecular complexity index is 1600. The molecule has 1 aliphatic carbocycles. The van der Waals surface area contributed by atoms with Gasteiger partial charge in [0.25, 0.3) is 11.5 Å². The fourth-order valence-corrected chi connectivity index (χ4v) is 4.77. The number of benzene rings is 2. The topological polar surface area (TPSA) is 111 Å². The molecule has 2 aromatic heterocycles. The summed E-state index contributed by atoms with van der Waals surface area (Å²) < 4.78 is 44.1. The number of hydrogen-bond acceptors (Lipinski definition) is 5. The third-order valence-electron chi connectivity index (χ3n) is 6.60. The Morgan fingerprint density at radius 2 is 1.82 bits per heavy atom. The van der Waals surface area contributed by atoms with Crippen molar-refractivity contribution in [2.75, 3.05) is 0 Å². The van der Waals surface area contributed by atoms with E-state index in [1.807, 2.05) is 6.07 Å². The van der Waals surface area contributed by atoms with Gasteiger partial charge in [-0.2, -0.15) is 23.5 Å². The van der Waals surface area contributed by atoms with E-state index >= 15 is 0 Å². The van der Waals surface area contributed by atoms with Gasteiger partial charge in [-0.1, -0.05) is 18.9 Å². The fraction of sp³-hybridized carbons (Fsp3) is 0.269. The predicted molar refractivity (Wildman–Crippen MR) is 131 cm³/mol. The van der Waals surface area contributed by atoms with Gasteiger partial charge in [0, 0.05) is 13.1 Å². The molecular weight excluding hydrogens is 499 g/mol. The van der Waals surface area contributed by atoms with Crippen molar-refractivity contribution in [2.45, 2.75) is 37.9 Å². The maximum atomic E-state index is 13.7. The van der Waals surface area contributed by atoms with E-state index in [-0.39, 0.29) is 28.8 Å². The number of amides is 1. The minimum Gasteiger partial charge on any atom is -0.349 e. The van der Waals surface area contributed by atoms with E-state index in [0.29, 0.717) is 11.3 Å². The Morgan fingerprint density at radius 3 is 2.47 bits per heavy atom. The van der Waals surface area contributed by atoms with Gasteiger partial charge in [0.05, 0.1) is 28.6 Å². The van der Waals surface area contributed by atoms with Crippen LogP contribution in [0.3, 0.4) is 0 Å². The number of carbonyl (C=O) groups is 1. The van der Waals surface area contributed by atoms with Crippen molar-refractivity contribution in [3.63, 3.8) is 0 Å². The molecule has 1 saturated carbocycles. The van der Waals surface area contributed by atoms with Crippen LogP contribution in [0.25, 0.3) is 22.9 Å². The third-order valence-corrected chi connectivity index (χ3v) is 6.60. The second-order valence-electron chi connectivity index (χ2n) is 9.02. The highest BCUT2D eigenvalue weighted by molar-refractivity contribution is 5.99. The van der Waals surface area contributed by atoms with Gasteiger partial charge in [0.2, 0.25) is 0 Å². The number of hydrogen-bond donors (Lipinski definition) is 1. The predicted octanol–water partition coefficient (Wildman–Crippen LogP) is 3.99. The van der Waals surface area contributed by atoms with Crippen LogP contribution in [0.1, 0.15) is 47.2 Å². The minimum atomic E-state index is -4.62. The second-order valence-corrected chi connectivity index (χ2v) is 9.02. The molecule has 1 amide bonds. The SMILES string of the molecule is Cn1c(-c2ncnn2-c2ccc(C#N)cc2)c(C(=O)NC2CCCC2)c(=O)n1-c1cccc(C(F)(F)F)c1. The summed E-state index contributed by atoms with van der Waals surface area (Å²) in [5.74, 6) is -0.496. The van der Waals surface area contributed by atoms with Crippen LogP contribution in [-0.2, 0) is 13.2 Å². The van der Waals surface area contributed by atoms with Crippen molar-refractivity contribution in [3.8, 4) is 29.0 Å². The largest absolute Gasteiger partial charge is 0.416 e. The van der Waals surface area contributed by atoms with Gasteiger partial charge in [-0.3, -0.25) is 14.3 Å². The van der Waals surface area contributed by atoms with Gasteiger partial charge in [-0.25, -0.2) is 14.3 Å². The maximum Gasteiger partial charge on any atom is 0.416 e. The van der Waals surface area contributed by atoms with Crippen LogP contribution in [0.4, 0.5) is 13.2 Å².